The molecule has 0 bridgehead atoms. The van der Waals surface area contributed by atoms with Gasteiger partial charge < -0.3 is 5.73 Å². The van der Waals surface area contributed by atoms with Gasteiger partial charge in [0.05, 0.1) is 11.3 Å². The Balaban J connectivity index is 2.30. The van der Waals surface area contributed by atoms with Crippen LogP contribution in [-0.2, 0) is 22.9 Å². The smallest absolute Gasteiger partial charge is 0.326 e. The van der Waals surface area contributed by atoms with Gasteiger partial charge in [-0.1, -0.05) is 6.07 Å². The number of nitrogens with two attached hydrogens (primary N) is 1. The molecule has 0 spiro atoms. The van der Waals surface area contributed by atoms with Crippen molar-refractivity contribution in [2.75, 3.05) is 4.72 Å². The molecule has 1 aromatic rings. The van der Waals surface area contributed by atoms with E-state index in [0.717, 1.165) is 12.1 Å². The lowest BCUT2D eigenvalue weighted by atomic mass is 10.1. The third kappa shape index (κ3) is 3.84. The van der Waals surface area contributed by atoms with Crippen molar-refractivity contribution in [3.63, 3.8) is 0 Å². The first-order valence-corrected chi connectivity index (χ1v) is 7.40. The maximum absolute atomic E-state index is 12.9. The molecule has 0 aliphatic heterocycles. The van der Waals surface area contributed by atoms with Gasteiger partial charge in [0.25, 0.3) is 10.2 Å². The molecular formula is C11H14F3N3O2S. The highest BCUT2D eigenvalue weighted by atomic mass is 32.2. The summed E-state index contributed by atoms with van der Waals surface area (Å²) < 4.78 is 66.3. The van der Waals surface area contributed by atoms with Crippen LogP contribution in [0.5, 0.6) is 0 Å². The number of hydrogen-bond acceptors (Lipinski definition) is 3. The maximum atomic E-state index is 12.9. The lowest BCUT2D eigenvalue weighted by molar-refractivity contribution is -0.136. The van der Waals surface area contributed by atoms with Gasteiger partial charge in [0.15, 0.2) is 0 Å². The van der Waals surface area contributed by atoms with Crippen LogP contribution in [0, 0.1) is 0 Å². The summed E-state index contributed by atoms with van der Waals surface area (Å²) in [7, 11) is -4.00. The predicted octanol–water partition coefficient (Wildman–Crippen LogP) is 1.57. The number of halogens is 3. The molecule has 9 heteroatoms. The van der Waals surface area contributed by atoms with Crippen molar-refractivity contribution in [1.29, 1.82) is 0 Å². The minimum absolute atomic E-state index is 0.0591. The summed E-state index contributed by atoms with van der Waals surface area (Å²) in [4.78, 5) is 0. The topological polar surface area (TPSA) is 84.2 Å². The average molecular weight is 309 g/mol. The first kappa shape index (κ1) is 15.1. The molecule has 1 aliphatic rings. The second kappa shape index (κ2) is 5.23. The third-order valence-electron chi connectivity index (χ3n) is 2.77. The predicted molar refractivity (Wildman–Crippen MR) is 68.0 cm³/mol. The van der Waals surface area contributed by atoms with Gasteiger partial charge in [-0.25, -0.2) is 0 Å². The molecule has 0 saturated heterocycles. The van der Waals surface area contributed by atoms with Crippen LogP contribution in [0.2, 0.25) is 0 Å². The fraction of sp³-hybridized carbons (Fsp3) is 0.455. The highest BCUT2D eigenvalue weighted by molar-refractivity contribution is 7.90. The fourth-order valence-electron chi connectivity index (χ4n) is 1.64. The van der Waals surface area contributed by atoms with Crippen LogP contribution in [-0.4, -0.2) is 14.5 Å². The number of alkyl halides is 3. The molecule has 20 heavy (non-hydrogen) atoms. The molecule has 0 heterocycles. The summed E-state index contributed by atoms with van der Waals surface area (Å²) in [5, 5.41) is 0. The first-order chi connectivity index (χ1) is 9.21. The molecular weight excluding hydrogens is 295 g/mol. The molecule has 2 rings (SSSR count). The van der Waals surface area contributed by atoms with E-state index < -0.39 is 27.6 Å². The van der Waals surface area contributed by atoms with E-state index in [9.17, 15) is 21.6 Å². The Morgan fingerprint density at radius 3 is 2.45 bits per heavy atom. The van der Waals surface area contributed by atoms with Gasteiger partial charge in [0.1, 0.15) is 0 Å². The van der Waals surface area contributed by atoms with Crippen molar-refractivity contribution in [2.24, 2.45) is 5.73 Å². The Labute approximate surface area is 114 Å². The second-order valence-electron chi connectivity index (χ2n) is 4.58. The number of rotatable bonds is 5. The lowest BCUT2D eigenvalue weighted by Crippen LogP contribution is -2.32. The highest BCUT2D eigenvalue weighted by Gasteiger charge is 2.35. The summed E-state index contributed by atoms with van der Waals surface area (Å²) in [5.74, 6) is 0. The Morgan fingerprint density at radius 2 is 1.95 bits per heavy atom. The van der Waals surface area contributed by atoms with E-state index >= 15 is 0 Å². The molecule has 1 aliphatic carbocycles. The van der Waals surface area contributed by atoms with Crippen LogP contribution in [0.1, 0.15) is 24.0 Å². The van der Waals surface area contributed by atoms with E-state index in [0.29, 0.717) is 12.8 Å². The van der Waals surface area contributed by atoms with Crippen molar-refractivity contribution < 1.29 is 21.6 Å². The normalized spacial score (nSPS) is 16.2. The van der Waals surface area contributed by atoms with Crippen LogP contribution >= 0.6 is 0 Å². The van der Waals surface area contributed by atoms with Crippen molar-refractivity contribution in [1.82, 2.24) is 4.72 Å². The lowest BCUT2D eigenvalue weighted by Gasteiger charge is -2.16. The van der Waals surface area contributed by atoms with E-state index in [1.165, 1.54) is 6.07 Å². The SMILES string of the molecule is NCc1ccc(NS(=O)(=O)NC2CC2)c(C(F)(F)F)c1. The van der Waals surface area contributed by atoms with Crippen LogP contribution in [0.3, 0.4) is 0 Å². The Bertz CT molecular complexity index is 597. The summed E-state index contributed by atoms with van der Waals surface area (Å²) >= 11 is 0. The van der Waals surface area contributed by atoms with Crippen LogP contribution in [0.25, 0.3) is 0 Å². The van der Waals surface area contributed by atoms with E-state index in [2.05, 4.69) is 4.72 Å². The number of anilines is 1. The minimum Gasteiger partial charge on any atom is -0.326 e. The summed E-state index contributed by atoms with van der Waals surface area (Å²) in [6.07, 6.45) is -3.28. The van der Waals surface area contributed by atoms with Gasteiger partial charge in [-0.05, 0) is 30.5 Å². The zero-order valence-electron chi connectivity index (χ0n) is 10.4. The van der Waals surface area contributed by atoms with E-state index in [1.54, 1.807) is 0 Å². The molecule has 4 N–H and O–H groups in total. The zero-order chi connectivity index (χ0) is 15.0. The average Bonchev–Trinajstić information content (AvgIpc) is 3.10. The molecule has 0 atom stereocenters. The molecule has 0 aromatic heterocycles. The fourth-order valence-corrected chi connectivity index (χ4v) is 2.84. The van der Waals surface area contributed by atoms with Gasteiger partial charge in [0.2, 0.25) is 0 Å². The first-order valence-electron chi connectivity index (χ1n) is 5.91. The van der Waals surface area contributed by atoms with Crippen molar-refractivity contribution in [2.45, 2.75) is 31.6 Å². The molecule has 0 unspecified atom stereocenters. The Morgan fingerprint density at radius 1 is 1.30 bits per heavy atom. The Hall–Kier alpha value is -1.32. The van der Waals surface area contributed by atoms with Crippen LogP contribution in [0.15, 0.2) is 18.2 Å². The van der Waals surface area contributed by atoms with E-state index in [4.69, 9.17) is 5.73 Å². The number of hydrogen-bond donors (Lipinski definition) is 3. The van der Waals surface area contributed by atoms with Crippen LogP contribution < -0.4 is 15.2 Å². The van der Waals surface area contributed by atoms with Crippen LogP contribution in [0.4, 0.5) is 18.9 Å². The summed E-state index contributed by atoms with van der Waals surface area (Å²) in [5.41, 5.74) is 4.00. The van der Waals surface area contributed by atoms with Crippen molar-refractivity contribution in [3.05, 3.63) is 29.3 Å². The minimum atomic E-state index is -4.66. The second-order valence-corrected chi connectivity index (χ2v) is 6.03. The van der Waals surface area contributed by atoms with Gasteiger partial charge in [-0.3, -0.25) is 4.72 Å². The number of benzene rings is 1. The van der Waals surface area contributed by atoms with E-state index in [-0.39, 0.29) is 18.2 Å². The van der Waals surface area contributed by atoms with E-state index in [1.807, 2.05) is 4.72 Å². The summed E-state index contributed by atoms with van der Waals surface area (Å²) in [6.45, 7) is -0.0591. The largest absolute Gasteiger partial charge is 0.418 e. The number of nitrogens with one attached hydrogen (secondary N) is 2. The standard InChI is InChI=1S/C11H14F3N3O2S/c12-11(13,14)9-5-7(6-15)1-4-10(9)17-20(18,19)16-8-2-3-8/h1,4-5,8,16-17H,2-3,6,15H2. The molecule has 1 aromatic carbocycles. The maximum Gasteiger partial charge on any atom is 0.418 e. The van der Waals surface area contributed by atoms with Gasteiger partial charge >= 0.3 is 6.18 Å². The molecule has 0 radical (unpaired) electrons. The van der Waals surface area contributed by atoms with Gasteiger partial charge in [-0.15, -0.1) is 0 Å². The van der Waals surface area contributed by atoms with Crippen molar-refractivity contribution >= 4 is 15.9 Å². The summed E-state index contributed by atoms with van der Waals surface area (Å²) in [6, 6.07) is 3.07. The Kier molecular flexibility index (Phi) is 3.94. The molecule has 112 valence electrons. The monoisotopic (exact) mass is 309 g/mol. The van der Waals surface area contributed by atoms with Gasteiger partial charge in [-0.2, -0.15) is 26.3 Å². The molecule has 1 saturated carbocycles. The van der Waals surface area contributed by atoms with Crippen molar-refractivity contribution in [3.8, 4) is 0 Å². The quantitative estimate of drug-likeness (QED) is 0.772. The molecule has 1 fully saturated rings. The molecule has 0 amide bonds. The molecule has 5 nitrogen and oxygen atoms in total. The van der Waals surface area contributed by atoms with Gasteiger partial charge in [0, 0.05) is 12.6 Å². The third-order valence-corrected chi connectivity index (χ3v) is 3.90. The zero-order valence-corrected chi connectivity index (χ0v) is 11.2. The highest BCUT2D eigenvalue weighted by Crippen LogP contribution is 2.36.